The van der Waals surface area contributed by atoms with Crippen LogP contribution >= 0.6 is 0 Å². The Morgan fingerprint density at radius 3 is 2.64 bits per heavy atom. The molecule has 0 N–H and O–H groups in total. The summed E-state index contributed by atoms with van der Waals surface area (Å²) in [7, 11) is 0. The van der Waals surface area contributed by atoms with E-state index in [0.717, 1.165) is 5.65 Å². The number of aryl methyl sites for hydroxylation is 1. The van der Waals surface area contributed by atoms with Gasteiger partial charge in [0, 0.05) is 18.6 Å². The molecule has 0 saturated heterocycles. The molecular weight excluding hydrogens is 172 g/mol. The molecule has 2 nitrogen and oxygen atoms in total. The lowest BCUT2D eigenvalue weighted by Crippen LogP contribution is -2.12. The molecule has 0 saturated carbocycles. The zero-order valence-corrected chi connectivity index (χ0v) is 9.20. The number of rotatable bonds is 0. The van der Waals surface area contributed by atoms with Crippen molar-refractivity contribution in [3.8, 4) is 0 Å². The predicted molar refractivity (Wildman–Crippen MR) is 58.6 cm³/mol. The van der Waals surface area contributed by atoms with Crippen molar-refractivity contribution in [2.24, 2.45) is 0 Å². The Morgan fingerprint density at radius 1 is 1.29 bits per heavy atom. The predicted octanol–water partition coefficient (Wildman–Crippen LogP) is 2.94. The Morgan fingerprint density at radius 2 is 2.00 bits per heavy atom. The van der Waals surface area contributed by atoms with E-state index in [9.17, 15) is 0 Å². The second-order valence-electron chi connectivity index (χ2n) is 4.82. The second kappa shape index (κ2) is 2.84. The third-order valence-corrected chi connectivity index (χ3v) is 2.54. The average molecular weight is 188 g/mol. The average Bonchev–Trinajstić information content (AvgIpc) is 2.50. The van der Waals surface area contributed by atoms with E-state index in [2.05, 4.69) is 49.3 Å². The molecule has 2 aromatic heterocycles. The minimum Gasteiger partial charge on any atom is -0.307 e. The molecule has 0 spiro atoms. The quantitative estimate of drug-likeness (QED) is 0.621. The number of hydrogen-bond donors (Lipinski definition) is 0. The van der Waals surface area contributed by atoms with E-state index in [1.807, 2.05) is 12.4 Å². The van der Waals surface area contributed by atoms with E-state index in [0.29, 0.717) is 0 Å². The third-order valence-electron chi connectivity index (χ3n) is 2.54. The van der Waals surface area contributed by atoms with Crippen molar-refractivity contribution < 1.29 is 0 Å². The fourth-order valence-electron chi connectivity index (χ4n) is 1.62. The SMILES string of the molecule is Cc1cc(C(C)(C)C)cn2ccnc12. The van der Waals surface area contributed by atoms with Crippen molar-refractivity contribution in [1.82, 2.24) is 9.38 Å². The van der Waals surface area contributed by atoms with Crippen LogP contribution in [0.15, 0.2) is 24.7 Å². The Hall–Kier alpha value is -1.31. The first-order valence-corrected chi connectivity index (χ1v) is 4.92. The molecule has 0 atom stereocenters. The van der Waals surface area contributed by atoms with Crippen molar-refractivity contribution in [2.75, 3.05) is 0 Å². The number of imidazole rings is 1. The molecule has 2 rings (SSSR count). The van der Waals surface area contributed by atoms with Gasteiger partial charge < -0.3 is 4.40 Å². The Balaban J connectivity index is 2.70. The van der Waals surface area contributed by atoms with Crippen molar-refractivity contribution in [3.05, 3.63) is 35.8 Å². The molecule has 74 valence electrons. The van der Waals surface area contributed by atoms with Gasteiger partial charge in [-0.25, -0.2) is 4.98 Å². The minimum absolute atomic E-state index is 0.198. The molecule has 0 unspecified atom stereocenters. The van der Waals surface area contributed by atoms with E-state index < -0.39 is 0 Å². The standard InChI is InChI=1S/C12H16N2/c1-9-7-10(12(2,3)4)8-14-6-5-13-11(9)14/h5-8H,1-4H3. The highest BCUT2D eigenvalue weighted by Gasteiger charge is 2.15. The smallest absolute Gasteiger partial charge is 0.139 e. The molecule has 2 heteroatoms. The molecule has 0 radical (unpaired) electrons. The molecule has 0 aromatic carbocycles. The third kappa shape index (κ3) is 1.41. The maximum Gasteiger partial charge on any atom is 0.139 e. The number of pyridine rings is 1. The van der Waals surface area contributed by atoms with Crippen LogP contribution in [0, 0.1) is 6.92 Å². The highest BCUT2D eigenvalue weighted by molar-refractivity contribution is 5.49. The van der Waals surface area contributed by atoms with Crippen LogP contribution in [0.4, 0.5) is 0 Å². The molecule has 2 heterocycles. The molecule has 0 amide bonds. The maximum atomic E-state index is 4.30. The van der Waals surface area contributed by atoms with Crippen LogP contribution in [0.3, 0.4) is 0 Å². The highest BCUT2D eigenvalue weighted by atomic mass is 15.0. The van der Waals surface area contributed by atoms with Gasteiger partial charge in [0.1, 0.15) is 5.65 Å². The molecule has 14 heavy (non-hydrogen) atoms. The van der Waals surface area contributed by atoms with Crippen LogP contribution < -0.4 is 0 Å². The first-order valence-electron chi connectivity index (χ1n) is 4.92. The molecule has 0 aliphatic heterocycles. The van der Waals surface area contributed by atoms with Gasteiger partial charge in [-0.2, -0.15) is 0 Å². The van der Waals surface area contributed by atoms with Gasteiger partial charge in [0.05, 0.1) is 0 Å². The lowest BCUT2D eigenvalue weighted by molar-refractivity contribution is 0.586. The number of aromatic nitrogens is 2. The van der Waals surface area contributed by atoms with Crippen LogP contribution in [0.2, 0.25) is 0 Å². The number of hydrogen-bond acceptors (Lipinski definition) is 1. The minimum atomic E-state index is 0.198. The molecule has 0 aliphatic carbocycles. The van der Waals surface area contributed by atoms with Crippen LogP contribution in [0.25, 0.3) is 5.65 Å². The van der Waals surface area contributed by atoms with Crippen LogP contribution in [0.5, 0.6) is 0 Å². The first-order chi connectivity index (χ1) is 6.48. The zero-order valence-electron chi connectivity index (χ0n) is 9.20. The van der Waals surface area contributed by atoms with Crippen LogP contribution in [0.1, 0.15) is 31.9 Å². The van der Waals surface area contributed by atoms with E-state index in [4.69, 9.17) is 0 Å². The molecule has 0 aliphatic rings. The topological polar surface area (TPSA) is 17.3 Å². The fourth-order valence-corrected chi connectivity index (χ4v) is 1.62. The Kier molecular flexibility index (Phi) is 1.88. The molecule has 0 fully saturated rings. The summed E-state index contributed by atoms with van der Waals surface area (Å²) >= 11 is 0. The molecule has 2 aromatic rings. The van der Waals surface area contributed by atoms with Gasteiger partial charge in [-0.15, -0.1) is 0 Å². The Labute approximate surface area is 84.6 Å². The monoisotopic (exact) mass is 188 g/mol. The van der Waals surface area contributed by atoms with Crippen molar-refractivity contribution in [2.45, 2.75) is 33.1 Å². The summed E-state index contributed by atoms with van der Waals surface area (Å²) in [5, 5.41) is 0. The lowest BCUT2D eigenvalue weighted by Gasteiger charge is -2.19. The summed E-state index contributed by atoms with van der Waals surface area (Å²) in [6.45, 7) is 8.79. The molecular formula is C12H16N2. The van der Waals surface area contributed by atoms with Gasteiger partial charge in [0.2, 0.25) is 0 Å². The van der Waals surface area contributed by atoms with E-state index in [1.54, 1.807) is 0 Å². The normalized spacial score (nSPS) is 12.3. The summed E-state index contributed by atoms with van der Waals surface area (Å²) in [5.41, 5.74) is 3.84. The highest BCUT2D eigenvalue weighted by Crippen LogP contribution is 2.24. The number of fused-ring (bicyclic) bond motifs is 1. The second-order valence-corrected chi connectivity index (χ2v) is 4.82. The zero-order chi connectivity index (χ0) is 10.3. The summed E-state index contributed by atoms with van der Waals surface area (Å²) in [4.78, 5) is 4.30. The summed E-state index contributed by atoms with van der Waals surface area (Å²) in [6, 6.07) is 2.22. The number of nitrogens with zero attached hydrogens (tertiary/aromatic N) is 2. The van der Waals surface area contributed by atoms with Gasteiger partial charge in [-0.05, 0) is 23.5 Å². The summed E-state index contributed by atoms with van der Waals surface area (Å²) in [6.07, 6.45) is 6.00. The van der Waals surface area contributed by atoms with Gasteiger partial charge in [-0.3, -0.25) is 0 Å². The van der Waals surface area contributed by atoms with E-state index in [1.165, 1.54) is 11.1 Å². The van der Waals surface area contributed by atoms with Crippen molar-refractivity contribution in [1.29, 1.82) is 0 Å². The van der Waals surface area contributed by atoms with Crippen LogP contribution in [-0.2, 0) is 5.41 Å². The van der Waals surface area contributed by atoms with Gasteiger partial charge in [0.15, 0.2) is 0 Å². The van der Waals surface area contributed by atoms with Gasteiger partial charge >= 0.3 is 0 Å². The first kappa shape index (κ1) is 9.25. The van der Waals surface area contributed by atoms with E-state index >= 15 is 0 Å². The maximum absolute atomic E-state index is 4.30. The van der Waals surface area contributed by atoms with Crippen molar-refractivity contribution >= 4 is 5.65 Å². The summed E-state index contributed by atoms with van der Waals surface area (Å²) in [5.74, 6) is 0. The van der Waals surface area contributed by atoms with Gasteiger partial charge in [-0.1, -0.05) is 26.8 Å². The fraction of sp³-hybridized carbons (Fsp3) is 0.417. The lowest BCUT2D eigenvalue weighted by atomic mass is 9.87. The van der Waals surface area contributed by atoms with Gasteiger partial charge in [0.25, 0.3) is 0 Å². The molecule has 0 bridgehead atoms. The van der Waals surface area contributed by atoms with Crippen molar-refractivity contribution in [3.63, 3.8) is 0 Å². The summed E-state index contributed by atoms with van der Waals surface area (Å²) < 4.78 is 2.09. The Bertz CT molecular complexity index is 461. The largest absolute Gasteiger partial charge is 0.307 e. The van der Waals surface area contributed by atoms with E-state index in [-0.39, 0.29) is 5.41 Å². The van der Waals surface area contributed by atoms with Crippen LogP contribution in [-0.4, -0.2) is 9.38 Å².